The van der Waals surface area contributed by atoms with Crippen LogP contribution in [0, 0.1) is 6.92 Å². The molecule has 0 aliphatic heterocycles. The third kappa shape index (κ3) is 2.54. The maximum Gasteiger partial charge on any atom is 0.0986 e. The van der Waals surface area contributed by atoms with Crippen molar-refractivity contribution in [3.8, 4) is 0 Å². The molecule has 2 aromatic heterocycles. The Morgan fingerprint density at radius 3 is 2.94 bits per heavy atom. The van der Waals surface area contributed by atoms with Crippen molar-refractivity contribution < 1.29 is 0 Å². The van der Waals surface area contributed by atoms with Crippen LogP contribution in [0.4, 0.5) is 0 Å². The first kappa shape index (κ1) is 12.2. The highest BCUT2D eigenvalue weighted by Crippen LogP contribution is 2.27. The zero-order chi connectivity index (χ0) is 12.3. The van der Waals surface area contributed by atoms with Crippen LogP contribution in [-0.4, -0.2) is 15.0 Å². The molecule has 3 N–H and O–H groups in total. The van der Waals surface area contributed by atoms with Crippen molar-refractivity contribution in [1.82, 2.24) is 20.4 Å². The van der Waals surface area contributed by atoms with Gasteiger partial charge in [-0.05, 0) is 25.5 Å². The Morgan fingerprint density at radius 1 is 1.53 bits per heavy atom. The van der Waals surface area contributed by atoms with Gasteiger partial charge in [0.1, 0.15) is 0 Å². The Balaban J connectivity index is 2.31. The van der Waals surface area contributed by atoms with Crippen molar-refractivity contribution in [2.24, 2.45) is 5.84 Å². The van der Waals surface area contributed by atoms with Gasteiger partial charge in [0, 0.05) is 16.3 Å². The number of nitrogens with two attached hydrogens (primary N) is 1. The highest BCUT2D eigenvalue weighted by molar-refractivity contribution is 7.12. The lowest BCUT2D eigenvalue weighted by Crippen LogP contribution is -2.30. The zero-order valence-corrected chi connectivity index (χ0v) is 10.9. The van der Waals surface area contributed by atoms with Crippen LogP contribution in [0.1, 0.15) is 34.8 Å². The molecule has 0 aliphatic rings. The van der Waals surface area contributed by atoms with Crippen LogP contribution >= 0.6 is 11.3 Å². The van der Waals surface area contributed by atoms with Gasteiger partial charge in [0.05, 0.1) is 17.9 Å². The average Bonchev–Trinajstić information content (AvgIpc) is 2.91. The first-order chi connectivity index (χ1) is 8.26. The number of hydrogen-bond donors (Lipinski definition) is 2. The molecule has 1 unspecified atom stereocenters. The fourth-order valence-corrected chi connectivity index (χ4v) is 2.75. The van der Waals surface area contributed by atoms with Gasteiger partial charge in [-0.2, -0.15) is 0 Å². The third-order valence-electron chi connectivity index (χ3n) is 2.59. The SMILES string of the molecule is CCCn1nncc1C(NN)c1ccc(C)s1. The normalized spacial score (nSPS) is 12.9. The lowest BCUT2D eigenvalue weighted by Gasteiger charge is -2.15. The second kappa shape index (κ2) is 5.39. The Kier molecular flexibility index (Phi) is 3.88. The summed E-state index contributed by atoms with van der Waals surface area (Å²) in [4.78, 5) is 2.46. The highest BCUT2D eigenvalue weighted by atomic mass is 32.1. The summed E-state index contributed by atoms with van der Waals surface area (Å²) < 4.78 is 1.90. The van der Waals surface area contributed by atoms with E-state index in [4.69, 9.17) is 5.84 Å². The largest absolute Gasteiger partial charge is 0.270 e. The van der Waals surface area contributed by atoms with E-state index >= 15 is 0 Å². The summed E-state index contributed by atoms with van der Waals surface area (Å²) in [6, 6.07) is 4.15. The van der Waals surface area contributed by atoms with Gasteiger partial charge < -0.3 is 0 Å². The van der Waals surface area contributed by atoms with Crippen LogP contribution < -0.4 is 11.3 Å². The Bertz CT molecular complexity index is 476. The number of thiophene rings is 1. The molecule has 6 heteroatoms. The van der Waals surface area contributed by atoms with Gasteiger partial charge in [-0.1, -0.05) is 12.1 Å². The van der Waals surface area contributed by atoms with Gasteiger partial charge in [0.25, 0.3) is 0 Å². The van der Waals surface area contributed by atoms with Crippen LogP contribution in [-0.2, 0) is 6.54 Å². The average molecular weight is 251 g/mol. The first-order valence-corrected chi connectivity index (χ1v) is 6.48. The predicted octanol–water partition coefficient (Wildman–Crippen LogP) is 1.61. The van der Waals surface area contributed by atoms with Gasteiger partial charge >= 0.3 is 0 Å². The van der Waals surface area contributed by atoms with Crippen LogP contribution in [0.5, 0.6) is 0 Å². The number of aromatic nitrogens is 3. The Hall–Kier alpha value is -1.24. The molecule has 1 atom stereocenters. The van der Waals surface area contributed by atoms with Gasteiger partial charge in [0.2, 0.25) is 0 Å². The van der Waals surface area contributed by atoms with Gasteiger partial charge in [-0.3, -0.25) is 5.84 Å². The molecule has 92 valence electrons. The second-order valence-electron chi connectivity index (χ2n) is 3.93. The van der Waals surface area contributed by atoms with Crippen LogP contribution in [0.25, 0.3) is 0 Å². The van der Waals surface area contributed by atoms with Gasteiger partial charge in [-0.15, -0.1) is 16.4 Å². The second-order valence-corrected chi connectivity index (χ2v) is 5.25. The van der Waals surface area contributed by atoms with Crippen molar-refractivity contribution in [3.63, 3.8) is 0 Å². The van der Waals surface area contributed by atoms with Crippen molar-refractivity contribution in [2.45, 2.75) is 32.9 Å². The molecule has 5 nitrogen and oxygen atoms in total. The van der Waals surface area contributed by atoms with E-state index in [-0.39, 0.29) is 6.04 Å². The molecule has 0 amide bonds. The molecule has 17 heavy (non-hydrogen) atoms. The minimum Gasteiger partial charge on any atom is -0.270 e. The van der Waals surface area contributed by atoms with Gasteiger partial charge in [0.15, 0.2) is 0 Å². The number of hydrazine groups is 1. The molecule has 2 heterocycles. The third-order valence-corrected chi connectivity index (χ3v) is 3.66. The lowest BCUT2D eigenvalue weighted by atomic mass is 10.2. The molecule has 0 aliphatic carbocycles. The zero-order valence-electron chi connectivity index (χ0n) is 10.1. The van der Waals surface area contributed by atoms with E-state index in [2.05, 4.69) is 41.7 Å². The summed E-state index contributed by atoms with van der Waals surface area (Å²) >= 11 is 1.73. The van der Waals surface area contributed by atoms with E-state index in [0.717, 1.165) is 18.7 Å². The van der Waals surface area contributed by atoms with Crippen molar-refractivity contribution >= 4 is 11.3 Å². The molecule has 0 saturated carbocycles. The topological polar surface area (TPSA) is 68.8 Å². The molecule has 0 bridgehead atoms. The number of hydrogen-bond acceptors (Lipinski definition) is 5. The maximum absolute atomic E-state index is 5.66. The molecule has 0 fully saturated rings. The molecule has 2 aromatic rings. The smallest absolute Gasteiger partial charge is 0.0986 e. The quantitative estimate of drug-likeness (QED) is 0.626. The first-order valence-electron chi connectivity index (χ1n) is 5.67. The van der Waals surface area contributed by atoms with E-state index in [9.17, 15) is 0 Å². The van der Waals surface area contributed by atoms with E-state index in [0.29, 0.717) is 0 Å². The Morgan fingerprint density at radius 2 is 2.35 bits per heavy atom. The summed E-state index contributed by atoms with van der Waals surface area (Å²) in [5.41, 5.74) is 3.85. The number of rotatable bonds is 5. The summed E-state index contributed by atoms with van der Waals surface area (Å²) in [6.07, 6.45) is 2.80. The molecule has 2 rings (SSSR count). The number of nitrogens with one attached hydrogen (secondary N) is 1. The van der Waals surface area contributed by atoms with Crippen LogP contribution in [0.3, 0.4) is 0 Å². The molecule has 0 spiro atoms. The number of aryl methyl sites for hydroxylation is 2. The summed E-state index contributed by atoms with van der Waals surface area (Å²) in [5.74, 6) is 5.66. The highest BCUT2D eigenvalue weighted by Gasteiger charge is 2.18. The van der Waals surface area contributed by atoms with E-state index in [1.165, 1.54) is 9.75 Å². The lowest BCUT2D eigenvalue weighted by molar-refractivity contribution is 0.515. The fourth-order valence-electron chi connectivity index (χ4n) is 1.80. The van der Waals surface area contributed by atoms with E-state index in [1.807, 2.05) is 4.68 Å². The monoisotopic (exact) mass is 251 g/mol. The van der Waals surface area contributed by atoms with E-state index in [1.54, 1.807) is 17.5 Å². The van der Waals surface area contributed by atoms with E-state index < -0.39 is 0 Å². The molecular weight excluding hydrogens is 234 g/mol. The van der Waals surface area contributed by atoms with Crippen molar-refractivity contribution in [1.29, 1.82) is 0 Å². The summed E-state index contributed by atoms with van der Waals surface area (Å²) in [6.45, 7) is 5.06. The van der Waals surface area contributed by atoms with Crippen LogP contribution in [0.15, 0.2) is 18.3 Å². The predicted molar refractivity (Wildman–Crippen MR) is 68.5 cm³/mol. The van der Waals surface area contributed by atoms with Crippen molar-refractivity contribution in [3.05, 3.63) is 33.8 Å². The molecule has 0 aromatic carbocycles. The fraction of sp³-hybridized carbons (Fsp3) is 0.455. The standard InChI is InChI=1S/C11H17N5S/c1-3-6-16-9(7-13-15-16)11(14-12)10-5-4-8(2)17-10/h4-5,7,11,14H,3,6,12H2,1-2H3. The minimum atomic E-state index is -0.0322. The Labute approximate surface area is 105 Å². The molecular formula is C11H17N5S. The van der Waals surface area contributed by atoms with Crippen LogP contribution in [0.2, 0.25) is 0 Å². The van der Waals surface area contributed by atoms with Gasteiger partial charge in [-0.25, -0.2) is 10.1 Å². The maximum atomic E-state index is 5.66. The summed E-state index contributed by atoms with van der Waals surface area (Å²) in [5, 5.41) is 8.05. The molecule has 0 saturated heterocycles. The molecule has 0 radical (unpaired) electrons. The minimum absolute atomic E-state index is 0.0322. The summed E-state index contributed by atoms with van der Waals surface area (Å²) in [7, 11) is 0. The van der Waals surface area contributed by atoms with Crippen molar-refractivity contribution in [2.75, 3.05) is 0 Å². The number of nitrogens with zero attached hydrogens (tertiary/aromatic N) is 3.